The number of hydrogen-bond acceptors (Lipinski definition) is 6. The summed E-state index contributed by atoms with van der Waals surface area (Å²) in [6.07, 6.45) is 2.25. The molecule has 1 aromatic heterocycles. The molecule has 1 aliphatic rings. The Bertz CT molecular complexity index is 897. The van der Waals surface area contributed by atoms with Crippen molar-refractivity contribution in [2.45, 2.75) is 24.7 Å². The molecular formula is C17H21F2N5O2S. The number of sulfonamides is 1. The largest absolute Gasteiger partial charge is 0.356 e. The molecule has 7 nitrogen and oxygen atoms in total. The fourth-order valence-corrected chi connectivity index (χ4v) is 4.07. The Balaban J connectivity index is 1.60. The van der Waals surface area contributed by atoms with Crippen molar-refractivity contribution in [1.29, 1.82) is 0 Å². The number of benzene rings is 1. The van der Waals surface area contributed by atoms with Gasteiger partial charge in [0.2, 0.25) is 16.0 Å². The highest BCUT2D eigenvalue weighted by Crippen LogP contribution is 2.20. The molecule has 146 valence electrons. The van der Waals surface area contributed by atoms with Crippen LogP contribution < -0.4 is 14.9 Å². The SMILES string of the molecule is Cc1cc(N2CCCC2)nc(NCCNS(=O)(=O)c2c(F)cccc2F)n1. The second kappa shape index (κ2) is 8.13. The first-order valence-electron chi connectivity index (χ1n) is 8.65. The van der Waals surface area contributed by atoms with Crippen molar-refractivity contribution in [3.8, 4) is 0 Å². The zero-order chi connectivity index (χ0) is 19.4. The van der Waals surface area contributed by atoms with Gasteiger partial charge in [-0.1, -0.05) is 6.07 Å². The molecule has 27 heavy (non-hydrogen) atoms. The number of nitrogens with zero attached hydrogens (tertiary/aromatic N) is 3. The summed E-state index contributed by atoms with van der Waals surface area (Å²) in [6, 6.07) is 4.81. The van der Waals surface area contributed by atoms with Crippen molar-refractivity contribution in [3.63, 3.8) is 0 Å². The Morgan fingerprint density at radius 2 is 1.78 bits per heavy atom. The molecule has 0 unspecified atom stereocenters. The Morgan fingerprint density at radius 3 is 2.44 bits per heavy atom. The normalized spacial score (nSPS) is 14.6. The van der Waals surface area contributed by atoms with Gasteiger partial charge in [0.05, 0.1) is 0 Å². The first-order chi connectivity index (χ1) is 12.9. The van der Waals surface area contributed by atoms with E-state index in [2.05, 4.69) is 24.9 Å². The molecule has 0 amide bonds. The molecule has 2 N–H and O–H groups in total. The fourth-order valence-electron chi connectivity index (χ4n) is 2.91. The highest BCUT2D eigenvalue weighted by Gasteiger charge is 2.23. The lowest BCUT2D eigenvalue weighted by atomic mass is 10.3. The van der Waals surface area contributed by atoms with Crippen molar-refractivity contribution < 1.29 is 17.2 Å². The van der Waals surface area contributed by atoms with Crippen LogP contribution in [0.5, 0.6) is 0 Å². The van der Waals surface area contributed by atoms with E-state index < -0.39 is 26.6 Å². The molecule has 0 radical (unpaired) electrons. The van der Waals surface area contributed by atoms with Crippen molar-refractivity contribution in [2.24, 2.45) is 0 Å². The molecule has 1 fully saturated rings. The molecule has 1 aliphatic heterocycles. The summed E-state index contributed by atoms with van der Waals surface area (Å²) < 4.78 is 53.7. The van der Waals surface area contributed by atoms with Gasteiger partial charge in [-0.25, -0.2) is 26.9 Å². The van der Waals surface area contributed by atoms with Gasteiger partial charge in [-0.15, -0.1) is 0 Å². The van der Waals surface area contributed by atoms with Crippen LogP contribution in [0.4, 0.5) is 20.5 Å². The van der Waals surface area contributed by atoms with Crippen molar-refractivity contribution in [3.05, 3.63) is 41.6 Å². The van der Waals surface area contributed by atoms with Gasteiger partial charge >= 0.3 is 0 Å². The topological polar surface area (TPSA) is 87.2 Å². The minimum absolute atomic E-state index is 0.0769. The lowest BCUT2D eigenvalue weighted by Crippen LogP contribution is -2.30. The van der Waals surface area contributed by atoms with Crippen LogP contribution in [0, 0.1) is 18.6 Å². The number of anilines is 2. The Morgan fingerprint density at radius 1 is 1.11 bits per heavy atom. The lowest BCUT2D eigenvalue weighted by molar-refractivity contribution is 0.514. The number of halogens is 2. The van der Waals surface area contributed by atoms with Crippen LogP contribution >= 0.6 is 0 Å². The Kier molecular flexibility index (Phi) is 5.85. The predicted molar refractivity (Wildman–Crippen MR) is 98.3 cm³/mol. The van der Waals surface area contributed by atoms with Crippen molar-refractivity contribution in [2.75, 3.05) is 36.4 Å². The van der Waals surface area contributed by atoms with Crippen LogP contribution in [0.2, 0.25) is 0 Å². The first-order valence-corrected chi connectivity index (χ1v) is 10.1. The summed E-state index contributed by atoms with van der Waals surface area (Å²) in [5, 5.41) is 2.94. The number of aromatic nitrogens is 2. The summed E-state index contributed by atoms with van der Waals surface area (Å²) in [4.78, 5) is 9.91. The number of aryl methyl sites for hydroxylation is 1. The average Bonchev–Trinajstić information content (AvgIpc) is 3.12. The third-order valence-corrected chi connectivity index (χ3v) is 5.67. The minimum Gasteiger partial charge on any atom is -0.356 e. The van der Waals surface area contributed by atoms with Gasteiger partial charge in [0.25, 0.3) is 0 Å². The lowest BCUT2D eigenvalue weighted by Gasteiger charge is -2.17. The maximum Gasteiger partial charge on any atom is 0.246 e. The molecule has 0 saturated carbocycles. The van der Waals surface area contributed by atoms with E-state index in [0.29, 0.717) is 5.95 Å². The van der Waals surface area contributed by atoms with Gasteiger partial charge < -0.3 is 10.2 Å². The maximum absolute atomic E-state index is 13.7. The van der Waals surface area contributed by atoms with E-state index >= 15 is 0 Å². The van der Waals surface area contributed by atoms with Crippen LogP contribution in [-0.2, 0) is 10.0 Å². The van der Waals surface area contributed by atoms with E-state index in [9.17, 15) is 17.2 Å². The average molecular weight is 397 g/mol. The predicted octanol–water partition coefficient (Wildman–Crippen LogP) is 2.05. The second-order valence-electron chi connectivity index (χ2n) is 6.26. The molecule has 1 aromatic carbocycles. The molecular weight excluding hydrogens is 376 g/mol. The van der Waals surface area contributed by atoms with Gasteiger partial charge in [0, 0.05) is 37.9 Å². The zero-order valence-electron chi connectivity index (χ0n) is 14.9. The molecule has 0 aliphatic carbocycles. The molecule has 10 heteroatoms. The summed E-state index contributed by atoms with van der Waals surface area (Å²) in [5.41, 5.74) is 0.795. The Labute approximate surface area is 156 Å². The van der Waals surface area contributed by atoms with Crippen LogP contribution in [0.3, 0.4) is 0 Å². The standard InChI is InChI=1S/C17H21F2N5O2S/c1-12-11-15(24-9-2-3-10-24)23-17(22-12)20-7-8-21-27(25,26)16-13(18)5-4-6-14(16)19/h4-6,11,21H,2-3,7-10H2,1H3,(H,20,22,23). The van der Waals surface area contributed by atoms with E-state index in [1.807, 2.05) is 13.0 Å². The number of nitrogens with one attached hydrogen (secondary N) is 2. The molecule has 0 atom stereocenters. The summed E-state index contributed by atoms with van der Waals surface area (Å²) in [7, 11) is -4.29. The van der Waals surface area contributed by atoms with Crippen molar-refractivity contribution >= 4 is 21.8 Å². The minimum atomic E-state index is -4.29. The highest BCUT2D eigenvalue weighted by atomic mass is 32.2. The number of hydrogen-bond donors (Lipinski definition) is 2. The molecule has 3 rings (SSSR count). The van der Waals surface area contributed by atoms with Gasteiger partial charge in [0.15, 0.2) is 4.90 Å². The highest BCUT2D eigenvalue weighted by molar-refractivity contribution is 7.89. The maximum atomic E-state index is 13.7. The molecule has 2 heterocycles. The third kappa shape index (κ3) is 4.69. The van der Waals surface area contributed by atoms with E-state index in [1.165, 1.54) is 0 Å². The van der Waals surface area contributed by atoms with E-state index in [-0.39, 0.29) is 13.1 Å². The summed E-state index contributed by atoms with van der Waals surface area (Å²) >= 11 is 0. The molecule has 0 bridgehead atoms. The van der Waals surface area contributed by atoms with E-state index in [4.69, 9.17) is 0 Å². The second-order valence-corrected chi connectivity index (χ2v) is 7.96. The van der Waals surface area contributed by atoms with Gasteiger partial charge in [0.1, 0.15) is 17.5 Å². The van der Waals surface area contributed by atoms with Crippen LogP contribution in [0.1, 0.15) is 18.5 Å². The summed E-state index contributed by atoms with van der Waals surface area (Å²) in [6.45, 7) is 3.84. The fraction of sp³-hybridized carbons (Fsp3) is 0.412. The summed E-state index contributed by atoms with van der Waals surface area (Å²) in [5.74, 6) is -1.05. The Hall–Kier alpha value is -2.33. The quantitative estimate of drug-likeness (QED) is 0.696. The molecule has 1 saturated heterocycles. The number of rotatable bonds is 7. The van der Waals surface area contributed by atoms with Crippen LogP contribution in [0.25, 0.3) is 0 Å². The smallest absolute Gasteiger partial charge is 0.246 e. The van der Waals surface area contributed by atoms with Gasteiger partial charge in [-0.3, -0.25) is 0 Å². The van der Waals surface area contributed by atoms with Gasteiger partial charge in [-0.2, -0.15) is 4.98 Å². The van der Waals surface area contributed by atoms with Crippen LogP contribution in [-0.4, -0.2) is 44.6 Å². The zero-order valence-corrected chi connectivity index (χ0v) is 15.7. The van der Waals surface area contributed by atoms with Crippen molar-refractivity contribution in [1.82, 2.24) is 14.7 Å². The monoisotopic (exact) mass is 397 g/mol. The molecule has 0 spiro atoms. The first kappa shape index (κ1) is 19.4. The molecule has 2 aromatic rings. The van der Waals surface area contributed by atoms with Crippen LogP contribution in [0.15, 0.2) is 29.2 Å². The third-order valence-electron chi connectivity index (χ3n) is 4.16. The van der Waals surface area contributed by atoms with E-state index in [1.54, 1.807) is 0 Å². The van der Waals surface area contributed by atoms with Gasteiger partial charge in [-0.05, 0) is 31.9 Å². The van der Waals surface area contributed by atoms with E-state index in [0.717, 1.165) is 55.6 Å².